The highest BCUT2D eigenvalue weighted by molar-refractivity contribution is 6.31. The summed E-state index contributed by atoms with van der Waals surface area (Å²) in [4.78, 5) is 10.6. The van der Waals surface area contributed by atoms with Crippen LogP contribution in [0.2, 0.25) is 5.02 Å². The molecule has 0 saturated heterocycles. The Hall–Kier alpha value is -1.88. The average molecular weight is 255 g/mol. The zero-order chi connectivity index (χ0) is 12.4. The van der Waals surface area contributed by atoms with E-state index in [4.69, 9.17) is 16.7 Å². The van der Waals surface area contributed by atoms with Crippen LogP contribution in [0.5, 0.6) is 0 Å². The second-order valence-corrected chi connectivity index (χ2v) is 3.85. The van der Waals surface area contributed by atoms with Crippen molar-refractivity contribution in [3.05, 3.63) is 52.6 Å². The molecule has 4 nitrogen and oxygen atoms in total. The first-order valence-electron chi connectivity index (χ1n) is 4.77. The molecule has 17 heavy (non-hydrogen) atoms. The first-order chi connectivity index (χ1) is 8.06. The van der Waals surface area contributed by atoms with Gasteiger partial charge in [0.15, 0.2) is 5.69 Å². The maximum absolute atomic E-state index is 12.8. The van der Waals surface area contributed by atoms with E-state index in [2.05, 4.69) is 5.10 Å². The van der Waals surface area contributed by atoms with E-state index in [1.54, 1.807) is 6.07 Å². The van der Waals surface area contributed by atoms with E-state index in [1.807, 2.05) is 0 Å². The van der Waals surface area contributed by atoms with Crippen LogP contribution in [0.25, 0.3) is 0 Å². The number of nitrogens with zero attached hydrogens (tertiary/aromatic N) is 2. The summed E-state index contributed by atoms with van der Waals surface area (Å²) in [5, 5.41) is 12.8. The van der Waals surface area contributed by atoms with Crippen molar-refractivity contribution in [1.29, 1.82) is 0 Å². The average Bonchev–Trinajstić information content (AvgIpc) is 2.71. The molecule has 0 saturated carbocycles. The molecule has 1 N–H and O–H groups in total. The fourth-order valence-electron chi connectivity index (χ4n) is 1.39. The molecule has 6 heteroatoms. The first kappa shape index (κ1) is 11.6. The minimum absolute atomic E-state index is 0.0387. The Bertz CT molecular complexity index is 568. The van der Waals surface area contributed by atoms with Gasteiger partial charge in [-0.15, -0.1) is 0 Å². The zero-order valence-corrected chi connectivity index (χ0v) is 9.36. The smallest absolute Gasteiger partial charge is 0.356 e. The van der Waals surface area contributed by atoms with Gasteiger partial charge in [0.1, 0.15) is 5.82 Å². The normalized spacial score (nSPS) is 10.5. The van der Waals surface area contributed by atoms with E-state index in [9.17, 15) is 9.18 Å². The standard InChI is InChI=1S/C11H8ClFN2O2/c12-9-5-8(13)2-1-7(9)6-15-4-3-10(14-15)11(16)17/h1-5H,6H2,(H,16,17). The number of carbonyl (C=O) groups is 1. The summed E-state index contributed by atoms with van der Waals surface area (Å²) >= 11 is 5.85. The third kappa shape index (κ3) is 2.62. The van der Waals surface area contributed by atoms with Crippen molar-refractivity contribution in [3.63, 3.8) is 0 Å². The van der Waals surface area contributed by atoms with Gasteiger partial charge in [0.25, 0.3) is 0 Å². The quantitative estimate of drug-likeness (QED) is 0.915. The minimum Gasteiger partial charge on any atom is -0.476 e. The number of halogens is 2. The van der Waals surface area contributed by atoms with Crippen LogP contribution in [0.3, 0.4) is 0 Å². The van der Waals surface area contributed by atoms with Crippen molar-refractivity contribution < 1.29 is 14.3 Å². The summed E-state index contributed by atoms with van der Waals surface area (Å²) in [6.45, 7) is 0.298. The van der Waals surface area contributed by atoms with E-state index in [1.165, 1.54) is 29.1 Å². The summed E-state index contributed by atoms with van der Waals surface area (Å²) < 4.78 is 14.2. The minimum atomic E-state index is -1.09. The van der Waals surface area contributed by atoms with Crippen LogP contribution >= 0.6 is 11.6 Å². The second-order valence-electron chi connectivity index (χ2n) is 3.44. The van der Waals surface area contributed by atoms with E-state index >= 15 is 0 Å². The Kier molecular flexibility index (Phi) is 3.10. The van der Waals surface area contributed by atoms with Gasteiger partial charge in [0.05, 0.1) is 6.54 Å². The molecular formula is C11H8ClFN2O2. The van der Waals surface area contributed by atoms with Gasteiger partial charge in [-0.1, -0.05) is 17.7 Å². The van der Waals surface area contributed by atoms with Crippen LogP contribution in [-0.2, 0) is 6.54 Å². The largest absolute Gasteiger partial charge is 0.476 e. The fourth-order valence-corrected chi connectivity index (χ4v) is 1.62. The van der Waals surface area contributed by atoms with Crippen LogP contribution < -0.4 is 0 Å². The van der Waals surface area contributed by atoms with Crippen LogP contribution in [-0.4, -0.2) is 20.9 Å². The molecule has 0 unspecified atom stereocenters. The van der Waals surface area contributed by atoms with Crippen molar-refractivity contribution in [2.75, 3.05) is 0 Å². The summed E-state index contributed by atoms with van der Waals surface area (Å²) in [6.07, 6.45) is 1.53. The van der Waals surface area contributed by atoms with E-state index in [0.717, 1.165) is 0 Å². The lowest BCUT2D eigenvalue weighted by molar-refractivity contribution is 0.0689. The molecule has 0 bridgehead atoms. The number of aromatic nitrogens is 2. The zero-order valence-electron chi connectivity index (χ0n) is 8.60. The highest BCUT2D eigenvalue weighted by atomic mass is 35.5. The van der Waals surface area contributed by atoms with E-state index < -0.39 is 11.8 Å². The third-order valence-electron chi connectivity index (χ3n) is 2.21. The molecule has 0 aliphatic rings. The lowest BCUT2D eigenvalue weighted by Gasteiger charge is -2.04. The van der Waals surface area contributed by atoms with Crippen molar-refractivity contribution in [1.82, 2.24) is 9.78 Å². The van der Waals surface area contributed by atoms with E-state index in [-0.39, 0.29) is 10.7 Å². The van der Waals surface area contributed by atoms with Gasteiger partial charge in [-0.05, 0) is 23.8 Å². The number of hydrogen-bond donors (Lipinski definition) is 1. The van der Waals surface area contributed by atoms with Crippen molar-refractivity contribution in [3.8, 4) is 0 Å². The maximum atomic E-state index is 12.8. The molecule has 1 heterocycles. The molecule has 0 aliphatic carbocycles. The number of aromatic carboxylic acids is 1. The highest BCUT2D eigenvalue weighted by Gasteiger charge is 2.08. The van der Waals surface area contributed by atoms with Crippen LogP contribution in [0.15, 0.2) is 30.5 Å². The van der Waals surface area contributed by atoms with E-state index in [0.29, 0.717) is 12.1 Å². The van der Waals surface area contributed by atoms with Crippen molar-refractivity contribution >= 4 is 17.6 Å². The Morgan fingerprint density at radius 2 is 2.24 bits per heavy atom. The molecule has 1 aromatic carbocycles. The number of benzene rings is 1. The Morgan fingerprint density at radius 1 is 1.47 bits per heavy atom. The van der Waals surface area contributed by atoms with Gasteiger partial charge in [-0.3, -0.25) is 4.68 Å². The van der Waals surface area contributed by atoms with Gasteiger partial charge >= 0.3 is 5.97 Å². The summed E-state index contributed by atoms with van der Waals surface area (Å²) in [5.41, 5.74) is 0.635. The predicted molar refractivity (Wildman–Crippen MR) is 59.7 cm³/mol. The molecule has 0 spiro atoms. The monoisotopic (exact) mass is 254 g/mol. The van der Waals surface area contributed by atoms with Crippen LogP contribution in [0.4, 0.5) is 4.39 Å². The SMILES string of the molecule is O=C(O)c1ccn(Cc2ccc(F)cc2Cl)n1. The summed E-state index contributed by atoms with van der Waals surface area (Å²) in [5.74, 6) is -1.50. The number of carboxylic acid groups (broad SMARTS) is 1. The maximum Gasteiger partial charge on any atom is 0.356 e. The Balaban J connectivity index is 2.22. The molecule has 88 valence electrons. The number of hydrogen-bond acceptors (Lipinski definition) is 2. The van der Waals surface area contributed by atoms with Crippen LogP contribution in [0, 0.1) is 5.82 Å². The molecular weight excluding hydrogens is 247 g/mol. The summed E-state index contributed by atoms with van der Waals surface area (Å²) in [7, 11) is 0. The first-order valence-corrected chi connectivity index (χ1v) is 5.15. The number of carboxylic acids is 1. The topological polar surface area (TPSA) is 55.1 Å². The lowest BCUT2D eigenvalue weighted by Crippen LogP contribution is -2.04. The van der Waals surface area contributed by atoms with Gasteiger partial charge in [-0.2, -0.15) is 5.10 Å². The Labute approximate surface area is 101 Å². The lowest BCUT2D eigenvalue weighted by atomic mass is 10.2. The van der Waals surface area contributed by atoms with Gasteiger partial charge in [0, 0.05) is 11.2 Å². The second kappa shape index (κ2) is 4.55. The van der Waals surface area contributed by atoms with Crippen molar-refractivity contribution in [2.45, 2.75) is 6.54 Å². The molecule has 0 fully saturated rings. The van der Waals surface area contributed by atoms with Gasteiger partial charge in [0.2, 0.25) is 0 Å². The molecule has 1 aromatic heterocycles. The summed E-state index contributed by atoms with van der Waals surface area (Å²) in [6, 6.07) is 5.43. The number of rotatable bonds is 3. The molecule has 0 aliphatic heterocycles. The van der Waals surface area contributed by atoms with Crippen molar-refractivity contribution in [2.24, 2.45) is 0 Å². The molecule has 2 aromatic rings. The molecule has 0 atom stereocenters. The Morgan fingerprint density at radius 3 is 2.82 bits per heavy atom. The molecule has 2 rings (SSSR count). The highest BCUT2D eigenvalue weighted by Crippen LogP contribution is 2.18. The van der Waals surface area contributed by atoms with Gasteiger partial charge in [-0.25, -0.2) is 9.18 Å². The van der Waals surface area contributed by atoms with Crippen LogP contribution in [0.1, 0.15) is 16.1 Å². The van der Waals surface area contributed by atoms with Gasteiger partial charge < -0.3 is 5.11 Å². The third-order valence-corrected chi connectivity index (χ3v) is 2.56. The molecule has 0 amide bonds. The fraction of sp³-hybridized carbons (Fsp3) is 0.0909. The predicted octanol–water partition coefficient (Wildman–Crippen LogP) is 2.42. The molecule has 0 radical (unpaired) electrons.